The molecule has 0 spiro atoms. The number of hydrogen-bond acceptors (Lipinski definition) is 5. The predicted octanol–water partition coefficient (Wildman–Crippen LogP) is 1.49. The molecule has 4 unspecified atom stereocenters. The fraction of sp³-hybridized carbons (Fsp3) is 0.667. The molecule has 1 saturated carbocycles. The van der Waals surface area contributed by atoms with Crippen molar-refractivity contribution in [3.63, 3.8) is 0 Å². The van der Waals surface area contributed by atoms with Crippen LogP contribution in [0.2, 0.25) is 4.34 Å². The van der Waals surface area contributed by atoms with Crippen LogP contribution >= 0.6 is 22.9 Å². The Hall–Kier alpha value is -0.180. The lowest BCUT2D eigenvalue weighted by molar-refractivity contribution is -0.114. The molecule has 0 amide bonds. The molecular weight excluding hydrogens is 320 g/mol. The van der Waals surface area contributed by atoms with Crippen LogP contribution < -0.4 is 10.5 Å². The van der Waals surface area contributed by atoms with Crippen molar-refractivity contribution in [1.29, 1.82) is 0 Å². The number of sulfonamides is 1. The van der Waals surface area contributed by atoms with E-state index in [2.05, 4.69) is 4.72 Å². The van der Waals surface area contributed by atoms with Crippen LogP contribution in [0.4, 0.5) is 0 Å². The van der Waals surface area contributed by atoms with Crippen LogP contribution in [0.1, 0.15) is 18.4 Å². The normalized spacial score (nSPS) is 33.5. The highest BCUT2D eigenvalue weighted by Gasteiger charge is 2.52. The van der Waals surface area contributed by atoms with Gasteiger partial charge in [0.1, 0.15) is 4.21 Å². The fourth-order valence-corrected chi connectivity index (χ4v) is 5.90. The van der Waals surface area contributed by atoms with Gasteiger partial charge in [-0.3, -0.25) is 0 Å². The average molecular weight is 337 g/mol. The van der Waals surface area contributed by atoms with Crippen LogP contribution in [0.3, 0.4) is 0 Å². The van der Waals surface area contributed by atoms with E-state index in [1.807, 2.05) is 0 Å². The van der Waals surface area contributed by atoms with Crippen LogP contribution in [-0.2, 0) is 14.8 Å². The van der Waals surface area contributed by atoms with E-state index in [0.29, 0.717) is 10.9 Å². The van der Waals surface area contributed by atoms with E-state index < -0.39 is 10.0 Å². The highest BCUT2D eigenvalue weighted by atomic mass is 35.5. The minimum absolute atomic E-state index is 0.0925. The first kappa shape index (κ1) is 14.7. The molecule has 3 N–H and O–H groups in total. The van der Waals surface area contributed by atoms with Gasteiger partial charge in [0.05, 0.1) is 16.5 Å². The Morgan fingerprint density at radius 2 is 2.30 bits per heavy atom. The summed E-state index contributed by atoms with van der Waals surface area (Å²) < 4.78 is 33.7. The zero-order chi connectivity index (χ0) is 14.5. The van der Waals surface area contributed by atoms with Crippen LogP contribution in [0.5, 0.6) is 0 Å². The molecule has 20 heavy (non-hydrogen) atoms. The van der Waals surface area contributed by atoms with Gasteiger partial charge >= 0.3 is 0 Å². The Balaban J connectivity index is 1.77. The predicted molar refractivity (Wildman–Crippen MR) is 78.6 cm³/mol. The fourth-order valence-electron chi connectivity index (χ4n) is 2.89. The molecule has 1 saturated heterocycles. The number of ether oxygens (including phenoxy) is 1. The molecule has 5 nitrogen and oxygen atoms in total. The van der Waals surface area contributed by atoms with Gasteiger partial charge in [-0.05, 0) is 31.4 Å². The first-order valence-electron chi connectivity index (χ1n) is 6.55. The second-order valence-corrected chi connectivity index (χ2v) is 8.98. The summed E-state index contributed by atoms with van der Waals surface area (Å²) in [6.07, 6.45) is 1.91. The third kappa shape index (κ3) is 2.40. The number of nitrogens with two attached hydrogens (primary N) is 1. The molecule has 1 aliphatic heterocycles. The van der Waals surface area contributed by atoms with Crippen LogP contribution in [0.15, 0.2) is 10.3 Å². The second kappa shape index (κ2) is 5.23. The van der Waals surface area contributed by atoms with E-state index in [-0.39, 0.29) is 28.3 Å². The van der Waals surface area contributed by atoms with Crippen LogP contribution in [-0.4, -0.2) is 33.2 Å². The van der Waals surface area contributed by atoms with E-state index in [0.717, 1.165) is 29.7 Å². The van der Waals surface area contributed by atoms with Gasteiger partial charge in [-0.25, -0.2) is 13.1 Å². The Labute approximate surface area is 127 Å². The quantitative estimate of drug-likeness (QED) is 0.876. The molecule has 0 radical (unpaired) electrons. The van der Waals surface area contributed by atoms with E-state index in [4.69, 9.17) is 22.1 Å². The maximum absolute atomic E-state index is 12.4. The Kier molecular flexibility index (Phi) is 3.85. The summed E-state index contributed by atoms with van der Waals surface area (Å²) in [6.45, 7) is 2.46. The molecule has 2 aliphatic rings. The molecule has 2 fully saturated rings. The maximum atomic E-state index is 12.4. The van der Waals surface area contributed by atoms with Crippen molar-refractivity contribution in [1.82, 2.24) is 4.72 Å². The largest absolute Gasteiger partial charge is 0.376 e. The number of halogens is 1. The van der Waals surface area contributed by atoms with Gasteiger partial charge in [0.2, 0.25) is 0 Å². The summed E-state index contributed by atoms with van der Waals surface area (Å²) in [5.41, 5.74) is 6.83. The summed E-state index contributed by atoms with van der Waals surface area (Å²) in [5.74, 6) is 0.269. The molecular formula is C12H17ClN2O3S2. The van der Waals surface area contributed by atoms with Gasteiger partial charge in [-0.15, -0.1) is 11.3 Å². The van der Waals surface area contributed by atoms with E-state index in [1.165, 1.54) is 0 Å². The third-order valence-electron chi connectivity index (χ3n) is 4.07. The minimum Gasteiger partial charge on any atom is -0.376 e. The first-order chi connectivity index (χ1) is 9.40. The van der Waals surface area contributed by atoms with Crippen molar-refractivity contribution < 1.29 is 13.2 Å². The van der Waals surface area contributed by atoms with E-state index in [9.17, 15) is 8.42 Å². The van der Waals surface area contributed by atoms with Gasteiger partial charge in [-0.1, -0.05) is 11.6 Å². The molecule has 2 heterocycles. The Bertz CT molecular complexity index is 597. The molecule has 3 rings (SSSR count). The molecule has 1 aromatic rings. The van der Waals surface area contributed by atoms with Gasteiger partial charge in [-0.2, -0.15) is 0 Å². The minimum atomic E-state index is -3.58. The van der Waals surface area contributed by atoms with Crippen molar-refractivity contribution in [2.45, 2.75) is 42.2 Å². The molecule has 1 aliphatic carbocycles. The summed E-state index contributed by atoms with van der Waals surface area (Å²) in [5, 5.41) is 0. The Morgan fingerprint density at radius 1 is 1.55 bits per heavy atom. The van der Waals surface area contributed by atoms with Crippen LogP contribution in [0, 0.1) is 12.8 Å². The van der Waals surface area contributed by atoms with Crippen molar-refractivity contribution in [3.05, 3.63) is 16.0 Å². The lowest BCUT2D eigenvalue weighted by Crippen LogP contribution is -2.71. The molecule has 8 heteroatoms. The summed E-state index contributed by atoms with van der Waals surface area (Å²) in [7, 11) is -3.58. The number of thiophene rings is 1. The van der Waals surface area contributed by atoms with Crippen LogP contribution in [0.25, 0.3) is 0 Å². The SMILES string of the molecule is Cc1cc(S(=O)(=O)NC2C(N)C3CCCOC32)sc1Cl. The van der Waals surface area contributed by atoms with Gasteiger partial charge < -0.3 is 10.5 Å². The smallest absolute Gasteiger partial charge is 0.250 e. The number of aryl methyl sites for hydroxylation is 1. The lowest BCUT2D eigenvalue weighted by atomic mass is 9.69. The van der Waals surface area contributed by atoms with Crippen molar-refractivity contribution >= 4 is 33.0 Å². The van der Waals surface area contributed by atoms with E-state index >= 15 is 0 Å². The number of rotatable bonds is 3. The standard InChI is InChI=1S/C12H17ClN2O3S2/c1-6-5-8(19-12(6)13)20(16,17)15-10-9(14)7-3-2-4-18-11(7)10/h5,7,9-11,15H,2-4,14H2,1H3. The Morgan fingerprint density at radius 3 is 2.95 bits per heavy atom. The molecule has 1 aromatic heterocycles. The molecule has 0 aromatic carbocycles. The number of hydrogen-bond donors (Lipinski definition) is 2. The van der Waals surface area contributed by atoms with Crippen molar-refractivity contribution in [3.8, 4) is 0 Å². The highest BCUT2D eigenvalue weighted by molar-refractivity contribution is 7.91. The highest BCUT2D eigenvalue weighted by Crippen LogP contribution is 2.38. The van der Waals surface area contributed by atoms with Gasteiger partial charge in [0.15, 0.2) is 0 Å². The molecule has 0 bridgehead atoms. The number of fused-ring (bicyclic) bond motifs is 1. The second-order valence-electron chi connectivity index (χ2n) is 5.39. The molecule has 4 atom stereocenters. The lowest BCUT2D eigenvalue weighted by Gasteiger charge is -2.52. The summed E-state index contributed by atoms with van der Waals surface area (Å²) in [6, 6.07) is 1.07. The summed E-state index contributed by atoms with van der Waals surface area (Å²) >= 11 is 7.00. The summed E-state index contributed by atoms with van der Waals surface area (Å²) in [4.78, 5) is 0. The zero-order valence-corrected chi connectivity index (χ0v) is 13.4. The monoisotopic (exact) mass is 336 g/mol. The third-order valence-corrected chi connectivity index (χ3v) is 7.56. The van der Waals surface area contributed by atoms with Gasteiger partial charge in [0.25, 0.3) is 10.0 Å². The van der Waals surface area contributed by atoms with E-state index in [1.54, 1.807) is 13.0 Å². The zero-order valence-electron chi connectivity index (χ0n) is 11.0. The molecule has 112 valence electrons. The first-order valence-corrected chi connectivity index (χ1v) is 9.23. The maximum Gasteiger partial charge on any atom is 0.250 e. The van der Waals surface area contributed by atoms with Crippen molar-refractivity contribution in [2.24, 2.45) is 11.7 Å². The van der Waals surface area contributed by atoms with Gasteiger partial charge in [0, 0.05) is 18.6 Å². The average Bonchev–Trinajstić information content (AvgIpc) is 2.77. The topological polar surface area (TPSA) is 81.4 Å². The van der Waals surface area contributed by atoms with Crippen molar-refractivity contribution in [2.75, 3.05) is 6.61 Å². The number of nitrogens with one attached hydrogen (secondary N) is 1.